The SMILES string of the molecule is COc1cc(C)c(C[NH+]2CCN(S(=O)(=O)c3ccccc3C#N)CC2)cc1OC. The summed E-state index contributed by atoms with van der Waals surface area (Å²) in [6.07, 6.45) is 0. The maximum atomic E-state index is 13.0. The molecule has 1 heterocycles. The Labute approximate surface area is 172 Å². The Morgan fingerprint density at radius 1 is 1.10 bits per heavy atom. The van der Waals surface area contributed by atoms with E-state index in [2.05, 4.69) is 0 Å². The summed E-state index contributed by atoms with van der Waals surface area (Å²) in [5.74, 6) is 1.40. The fourth-order valence-electron chi connectivity index (χ4n) is 3.63. The molecule has 1 fully saturated rings. The molecule has 0 atom stereocenters. The molecular formula is C21H26N3O4S+. The van der Waals surface area contributed by atoms with E-state index in [-0.39, 0.29) is 10.5 Å². The second-order valence-electron chi connectivity index (χ2n) is 7.07. The third kappa shape index (κ3) is 4.37. The molecule has 0 spiro atoms. The molecule has 1 saturated heterocycles. The highest BCUT2D eigenvalue weighted by Crippen LogP contribution is 2.30. The molecule has 29 heavy (non-hydrogen) atoms. The first-order valence-corrected chi connectivity index (χ1v) is 10.9. The van der Waals surface area contributed by atoms with Crippen LogP contribution in [0.25, 0.3) is 0 Å². The quantitative estimate of drug-likeness (QED) is 0.759. The Bertz CT molecular complexity index is 1020. The average molecular weight is 417 g/mol. The third-order valence-electron chi connectivity index (χ3n) is 5.34. The number of hydrogen-bond donors (Lipinski definition) is 1. The fraction of sp³-hybridized carbons (Fsp3) is 0.381. The minimum atomic E-state index is -3.67. The van der Waals surface area contributed by atoms with Crippen molar-refractivity contribution in [1.82, 2.24) is 4.31 Å². The van der Waals surface area contributed by atoms with Crippen molar-refractivity contribution in [2.45, 2.75) is 18.4 Å². The van der Waals surface area contributed by atoms with Crippen molar-refractivity contribution < 1.29 is 22.8 Å². The number of nitriles is 1. The molecule has 0 aromatic heterocycles. The van der Waals surface area contributed by atoms with Gasteiger partial charge in [0.25, 0.3) is 0 Å². The number of ether oxygens (including phenoxy) is 2. The zero-order valence-corrected chi connectivity index (χ0v) is 17.8. The average Bonchev–Trinajstić information content (AvgIpc) is 2.75. The van der Waals surface area contributed by atoms with Crippen LogP contribution in [0.1, 0.15) is 16.7 Å². The number of hydrogen-bond acceptors (Lipinski definition) is 5. The number of quaternary nitrogens is 1. The van der Waals surface area contributed by atoms with E-state index in [0.29, 0.717) is 37.7 Å². The largest absolute Gasteiger partial charge is 0.493 e. The van der Waals surface area contributed by atoms with Gasteiger partial charge in [-0.3, -0.25) is 0 Å². The van der Waals surface area contributed by atoms with Gasteiger partial charge in [0.15, 0.2) is 11.5 Å². The van der Waals surface area contributed by atoms with E-state index >= 15 is 0 Å². The van der Waals surface area contributed by atoms with Crippen LogP contribution in [0.5, 0.6) is 11.5 Å². The van der Waals surface area contributed by atoms with Gasteiger partial charge in [-0.2, -0.15) is 9.57 Å². The maximum Gasteiger partial charge on any atom is 0.244 e. The van der Waals surface area contributed by atoms with Crippen LogP contribution in [0.15, 0.2) is 41.3 Å². The number of sulfonamides is 1. The van der Waals surface area contributed by atoms with Crippen LogP contribution in [-0.4, -0.2) is 53.1 Å². The Morgan fingerprint density at radius 3 is 2.34 bits per heavy atom. The molecule has 0 unspecified atom stereocenters. The smallest absolute Gasteiger partial charge is 0.244 e. The van der Waals surface area contributed by atoms with Gasteiger partial charge in [-0.15, -0.1) is 0 Å². The van der Waals surface area contributed by atoms with Crippen molar-refractivity contribution >= 4 is 10.0 Å². The van der Waals surface area contributed by atoms with Crippen LogP contribution in [0.4, 0.5) is 0 Å². The van der Waals surface area contributed by atoms with E-state index in [0.717, 1.165) is 17.7 Å². The number of rotatable bonds is 6. The Hall–Kier alpha value is -2.60. The highest BCUT2D eigenvalue weighted by atomic mass is 32.2. The molecule has 2 aromatic carbocycles. The zero-order chi connectivity index (χ0) is 21.0. The van der Waals surface area contributed by atoms with Crippen LogP contribution < -0.4 is 14.4 Å². The summed E-state index contributed by atoms with van der Waals surface area (Å²) in [7, 11) is -0.433. The second kappa shape index (κ2) is 8.82. The van der Waals surface area contributed by atoms with Gasteiger partial charge in [-0.05, 0) is 36.8 Å². The summed E-state index contributed by atoms with van der Waals surface area (Å²) in [6.45, 7) is 5.06. The second-order valence-corrected chi connectivity index (χ2v) is 8.98. The molecule has 0 saturated carbocycles. The third-order valence-corrected chi connectivity index (χ3v) is 7.29. The van der Waals surface area contributed by atoms with Gasteiger partial charge in [0.2, 0.25) is 10.0 Å². The topological polar surface area (TPSA) is 84.1 Å². The normalized spacial score (nSPS) is 15.7. The van der Waals surface area contributed by atoms with Gasteiger partial charge in [0.05, 0.1) is 50.9 Å². The predicted molar refractivity (Wildman–Crippen MR) is 109 cm³/mol. The van der Waals surface area contributed by atoms with Crippen LogP contribution >= 0.6 is 0 Å². The molecule has 2 aromatic rings. The van der Waals surface area contributed by atoms with E-state index in [1.807, 2.05) is 25.1 Å². The molecule has 0 aliphatic carbocycles. The first-order valence-electron chi connectivity index (χ1n) is 9.45. The van der Waals surface area contributed by atoms with E-state index in [1.54, 1.807) is 26.4 Å². The molecule has 1 aliphatic heterocycles. The summed E-state index contributed by atoms with van der Waals surface area (Å²) in [6, 6.07) is 12.3. The van der Waals surface area contributed by atoms with E-state index < -0.39 is 10.0 Å². The van der Waals surface area contributed by atoms with E-state index in [1.165, 1.54) is 21.3 Å². The van der Waals surface area contributed by atoms with Crippen LogP contribution in [0, 0.1) is 18.3 Å². The number of benzene rings is 2. The van der Waals surface area contributed by atoms with Gasteiger partial charge < -0.3 is 14.4 Å². The predicted octanol–water partition coefficient (Wildman–Crippen LogP) is 0.973. The highest BCUT2D eigenvalue weighted by Gasteiger charge is 2.32. The summed E-state index contributed by atoms with van der Waals surface area (Å²) in [5.41, 5.74) is 2.46. The molecule has 8 heteroatoms. The van der Waals surface area contributed by atoms with Gasteiger partial charge in [-0.25, -0.2) is 8.42 Å². The Balaban J connectivity index is 1.71. The first kappa shape index (κ1) is 21.1. The molecule has 3 rings (SSSR count). The lowest BCUT2D eigenvalue weighted by Crippen LogP contribution is -3.13. The summed E-state index contributed by atoms with van der Waals surface area (Å²) in [4.78, 5) is 1.39. The minimum Gasteiger partial charge on any atom is -0.493 e. The Kier molecular flexibility index (Phi) is 6.42. The van der Waals surface area contributed by atoms with Crippen molar-refractivity contribution in [3.8, 4) is 17.6 Å². The molecular weight excluding hydrogens is 390 g/mol. The summed E-state index contributed by atoms with van der Waals surface area (Å²) >= 11 is 0. The molecule has 0 radical (unpaired) electrons. The van der Waals surface area contributed by atoms with Gasteiger partial charge >= 0.3 is 0 Å². The van der Waals surface area contributed by atoms with Crippen molar-refractivity contribution in [3.63, 3.8) is 0 Å². The highest BCUT2D eigenvalue weighted by molar-refractivity contribution is 7.89. The monoisotopic (exact) mass is 416 g/mol. The number of piperazine rings is 1. The number of methoxy groups -OCH3 is 2. The lowest BCUT2D eigenvalue weighted by molar-refractivity contribution is -0.917. The molecule has 1 N–H and O–H groups in total. The first-order chi connectivity index (χ1) is 13.9. The van der Waals surface area contributed by atoms with Crippen LogP contribution in [0.3, 0.4) is 0 Å². The van der Waals surface area contributed by atoms with Crippen LogP contribution in [0.2, 0.25) is 0 Å². The van der Waals surface area contributed by atoms with Gasteiger partial charge in [-0.1, -0.05) is 12.1 Å². The van der Waals surface area contributed by atoms with Crippen molar-refractivity contribution in [1.29, 1.82) is 5.26 Å². The molecule has 0 amide bonds. The lowest BCUT2D eigenvalue weighted by Gasteiger charge is -2.32. The lowest BCUT2D eigenvalue weighted by atomic mass is 10.1. The van der Waals surface area contributed by atoms with Gasteiger partial charge in [0.1, 0.15) is 12.6 Å². The van der Waals surface area contributed by atoms with E-state index in [4.69, 9.17) is 9.47 Å². The van der Waals surface area contributed by atoms with Crippen molar-refractivity contribution in [2.24, 2.45) is 0 Å². The van der Waals surface area contributed by atoms with Crippen molar-refractivity contribution in [3.05, 3.63) is 53.1 Å². The number of nitrogens with one attached hydrogen (secondary N) is 1. The molecule has 7 nitrogen and oxygen atoms in total. The Morgan fingerprint density at radius 2 is 1.72 bits per heavy atom. The fourth-order valence-corrected chi connectivity index (χ4v) is 5.21. The standard InChI is InChI=1S/C21H25N3O4S/c1-16-12-19(27-2)20(28-3)13-18(16)15-23-8-10-24(11-9-23)29(25,26)21-7-5-4-6-17(21)14-22/h4-7,12-13H,8-11,15H2,1-3H3/p+1. The van der Waals surface area contributed by atoms with Crippen molar-refractivity contribution in [2.75, 3.05) is 40.4 Å². The minimum absolute atomic E-state index is 0.0849. The number of aryl methyl sites for hydroxylation is 1. The summed E-state index contributed by atoms with van der Waals surface area (Å²) < 4.78 is 38.2. The maximum absolute atomic E-state index is 13.0. The molecule has 1 aliphatic rings. The molecule has 154 valence electrons. The number of nitrogens with zero attached hydrogens (tertiary/aromatic N) is 2. The summed E-state index contributed by atoms with van der Waals surface area (Å²) in [5, 5.41) is 9.24. The van der Waals surface area contributed by atoms with Crippen LogP contribution in [-0.2, 0) is 16.6 Å². The van der Waals surface area contributed by atoms with Gasteiger partial charge in [0, 0.05) is 5.56 Å². The van der Waals surface area contributed by atoms with E-state index in [9.17, 15) is 13.7 Å². The zero-order valence-electron chi connectivity index (χ0n) is 16.9. The molecule has 0 bridgehead atoms.